The third-order valence-electron chi connectivity index (χ3n) is 4.44. The molecule has 0 bridgehead atoms. The molecule has 1 amide bonds. The fraction of sp³-hybridized carbons (Fsp3) is 0.611. The molecule has 2 N–H and O–H groups in total. The summed E-state index contributed by atoms with van der Waals surface area (Å²) in [6.07, 6.45) is 5.97. The van der Waals surface area contributed by atoms with Gasteiger partial charge in [0.05, 0.1) is 0 Å². The molecule has 2 unspecified atom stereocenters. The van der Waals surface area contributed by atoms with Crippen LogP contribution in [-0.2, 0) is 0 Å². The monoisotopic (exact) mass is 288 g/mol. The largest absolute Gasteiger partial charge is 0.385 e. The van der Waals surface area contributed by atoms with Crippen LogP contribution in [-0.4, -0.2) is 18.5 Å². The maximum absolute atomic E-state index is 12.5. The molecule has 1 fully saturated rings. The van der Waals surface area contributed by atoms with E-state index in [1.54, 1.807) is 0 Å². The van der Waals surface area contributed by atoms with Crippen molar-refractivity contribution in [3.05, 3.63) is 29.3 Å². The van der Waals surface area contributed by atoms with Gasteiger partial charge < -0.3 is 10.6 Å². The maximum atomic E-state index is 12.5. The fourth-order valence-corrected chi connectivity index (χ4v) is 3.13. The zero-order valence-corrected chi connectivity index (χ0v) is 13.5. The Hall–Kier alpha value is -1.51. The lowest BCUT2D eigenvalue weighted by Crippen LogP contribution is -2.34. The molecule has 1 aromatic rings. The molecule has 1 aliphatic rings. The van der Waals surface area contributed by atoms with Crippen molar-refractivity contribution in [2.75, 3.05) is 11.9 Å². The normalized spacial score (nSPS) is 22.4. The summed E-state index contributed by atoms with van der Waals surface area (Å²) in [5.41, 5.74) is 2.91. The van der Waals surface area contributed by atoms with Gasteiger partial charge in [-0.3, -0.25) is 4.79 Å². The third kappa shape index (κ3) is 4.48. The Morgan fingerprint density at radius 3 is 2.76 bits per heavy atom. The van der Waals surface area contributed by atoms with E-state index in [9.17, 15) is 4.79 Å². The van der Waals surface area contributed by atoms with E-state index in [1.807, 2.05) is 25.1 Å². The lowest BCUT2D eigenvalue weighted by atomic mass is 10.0. The van der Waals surface area contributed by atoms with Gasteiger partial charge in [-0.2, -0.15) is 0 Å². The summed E-state index contributed by atoms with van der Waals surface area (Å²) in [6, 6.07) is 6.31. The Labute approximate surface area is 128 Å². The van der Waals surface area contributed by atoms with Crippen LogP contribution in [0.25, 0.3) is 0 Å². The third-order valence-corrected chi connectivity index (χ3v) is 4.44. The Morgan fingerprint density at radius 2 is 2.05 bits per heavy atom. The number of benzene rings is 1. The summed E-state index contributed by atoms with van der Waals surface area (Å²) in [7, 11) is 0. The average molecular weight is 288 g/mol. The van der Waals surface area contributed by atoms with Crippen LogP contribution in [0.4, 0.5) is 5.69 Å². The van der Waals surface area contributed by atoms with Crippen LogP contribution in [0.1, 0.15) is 61.9 Å². The minimum atomic E-state index is 0.0788. The average Bonchev–Trinajstić information content (AvgIpc) is 2.64. The molecular weight excluding hydrogens is 260 g/mol. The first-order valence-electron chi connectivity index (χ1n) is 8.25. The molecule has 3 nitrogen and oxygen atoms in total. The van der Waals surface area contributed by atoms with Gasteiger partial charge in [-0.1, -0.05) is 19.8 Å². The zero-order valence-electron chi connectivity index (χ0n) is 13.5. The minimum absolute atomic E-state index is 0.0788. The first-order valence-corrected chi connectivity index (χ1v) is 8.25. The highest BCUT2D eigenvalue weighted by atomic mass is 16.1. The number of hydrogen-bond donors (Lipinski definition) is 2. The van der Waals surface area contributed by atoms with Gasteiger partial charge >= 0.3 is 0 Å². The van der Waals surface area contributed by atoms with Crippen LogP contribution in [0, 0.1) is 12.8 Å². The lowest BCUT2D eigenvalue weighted by Gasteiger charge is -2.17. The standard InChI is InChI=1S/C18H28N2O/c1-4-19-16-10-11-17(14(3)12-16)18(21)20-15-7-5-6-13(2)8-9-15/h10-13,15,19H,4-9H2,1-3H3,(H,20,21). The van der Waals surface area contributed by atoms with Crippen molar-refractivity contribution < 1.29 is 4.79 Å². The molecule has 1 aliphatic carbocycles. The molecule has 0 aromatic heterocycles. The molecule has 2 rings (SSSR count). The number of aryl methyl sites for hydroxylation is 1. The smallest absolute Gasteiger partial charge is 0.251 e. The zero-order chi connectivity index (χ0) is 15.2. The topological polar surface area (TPSA) is 41.1 Å². The van der Waals surface area contributed by atoms with E-state index in [1.165, 1.54) is 19.3 Å². The van der Waals surface area contributed by atoms with Crippen molar-refractivity contribution in [3.63, 3.8) is 0 Å². The Kier molecular flexibility index (Phi) is 5.66. The molecule has 1 saturated carbocycles. The first-order chi connectivity index (χ1) is 10.1. The number of amides is 1. The molecular formula is C18H28N2O. The highest BCUT2D eigenvalue weighted by Crippen LogP contribution is 2.23. The van der Waals surface area contributed by atoms with Gasteiger partial charge in [0.1, 0.15) is 0 Å². The lowest BCUT2D eigenvalue weighted by molar-refractivity contribution is 0.0932. The predicted molar refractivity (Wildman–Crippen MR) is 88.8 cm³/mol. The van der Waals surface area contributed by atoms with Crippen LogP contribution in [0.5, 0.6) is 0 Å². The van der Waals surface area contributed by atoms with Crippen LogP contribution in [0.2, 0.25) is 0 Å². The van der Waals surface area contributed by atoms with E-state index >= 15 is 0 Å². The maximum Gasteiger partial charge on any atom is 0.251 e. The van der Waals surface area contributed by atoms with E-state index in [0.717, 1.165) is 42.1 Å². The molecule has 0 radical (unpaired) electrons. The Bertz CT molecular complexity index is 484. The molecule has 116 valence electrons. The van der Waals surface area contributed by atoms with Crippen LogP contribution < -0.4 is 10.6 Å². The van der Waals surface area contributed by atoms with Gasteiger partial charge in [0.15, 0.2) is 0 Å². The van der Waals surface area contributed by atoms with Crippen LogP contribution in [0.15, 0.2) is 18.2 Å². The molecule has 1 aromatic carbocycles. The van der Waals surface area contributed by atoms with E-state index in [-0.39, 0.29) is 5.91 Å². The number of carbonyl (C=O) groups excluding carboxylic acids is 1. The molecule has 0 aliphatic heterocycles. The Morgan fingerprint density at radius 1 is 1.24 bits per heavy atom. The van der Waals surface area contributed by atoms with Crippen molar-refractivity contribution in [1.29, 1.82) is 0 Å². The van der Waals surface area contributed by atoms with Crippen molar-refractivity contribution in [2.45, 2.75) is 58.9 Å². The first kappa shape index (κ1) is 15.9. The van der Waals surface area contributed by atoms with Crippen molar-refractivity contribution in [2.24, 2.45) is 5.92 Å². The summed E-state index contributed by atoms with van der Waals surface area (Å²) in [5, 5.41) is 6.51. The SMILES string of the molecule is CCNc1ccc(C(=O)NC2CCCC(C)CC2)c(C)c1. The molecule has 21 heavy (non-hydrogen) atoms. The molecule has 0 saturated heterocycles. The minimum Gasteiger partial charge on any atom is -0.385 e. The number of hydrogen-bond acceptors (Lipinski definition) is 2. The van der Waals surface area contributed by atoms with E-state index < -0.39 is 0 Å². The molecule has 2 atom stereocenters. The van der Waals surface area contributed by atoms with Crippen molar-refractivity contribution in [3.8, 4) is 0 Å². The van der Waals surface area contributed by atoms with Crippen LogP contribution >= 0.6 is 0 Å². The van der Waals surface area contributed by atoms with Gasteiger partial charge in [-0.05, 0) is 62.8 Å². The van der Waals surface area contributed by atoms with Gasteiger partial charge in [-0.25, -0.2) is 0 Å². The van der Waals surface area contributed by atoms with Gasteiger partial charge in [0.2, 0.25) is 0 Å². The van der Waals surface area contributed by atoms with E-state index in [2.05, 4.69) is 24.5 Å². The van der Waals surface area contributed by atoms with Gasteiger partial charge in [0.25, 0.3) is 5.91 Å². The summed E-state index contributed by atoms with van der Waals surface area (Å²) >= 11 is 0. The number of anilines is 1. The van der Waals surface area contributed by atoms with Crippen molar-refractivity contribution in [1.82, 2.24) is 5.32 Å². The van der Waals surface area contributed by atoms with E-state index in [0.29, 0.717) is 6.04 Å². The highest BCUT2D eigenvalue weighted by Gasteiger charge is 2.19. The summed E-state index contributed by atoms with van der Waals surface area (Å²) in [5.74, 6) is 0.878. The molecule has 0 spiro atoms. The van der Waals surface area contributed by atoms with Crippen LogP contribution in [0.3, 0.4) is 0 Å². The predicted octanol–water partition coefficient (Wildman–Crippen LogP) is 4.13. The molecule has 0 heterocycles. The number of rotatable bonds is 4. The van der Waals surface area contributed by atoms with Crippen molar-refractivity contribution >= 4 is 11.6 Å². The summed E-state index contributed by atoms with van der Waals surface area (Å²) in [4.78, 5) is 12.5. The van der Waals surface area contributed by atoms with Gasteiger partial charge in [0, 0.05) is 23.8 Å². The highest BCUT2D eigenvalue weighted by molar-refractivity contribution is 5.96. The second kappa shape index (κ2) is 7.48. The molecule has 3 heteroatoms. The van der Waals surface area contributed by atoms with Gasteiger partial charge in [-0.15, -0.1) is 0 Å². The fourth-order valence-electron chi connectivity index (χ4n) is 3.13. The quantitative estimate of drug-likeness (QED) is 0.818. The Balaban J connectivity index is 1.99. The summed E-state index contributed by atoms with van der Waals surface area (Å²) < 4.78 is 0. The summed E-state index contributed by atoms with van der Waals surface area (Å²) in [6.45, 7) is 7.28. The second-order valence-corrected chi connectivity index (χ2v) is 6.34. The number of carbonyl (C=O) groups is 1. The van der Waals surface area contributed by atoms with E-state index in [4.69, 9.17) is 0 Å². The number of nitrogens with one attached hydrogen (secondary N) is 2. The second-order valence-electron chi connectivity index (χ2n) is 6.34.